The van der Waals surface area contributed by atoms with Gasteiger partial charge in [0.05, 0.1) is 0 Å². The molecule has 0 fully saturated rings. The summed E-state index contributed by atoms with van der Waals surface area (Å²) in [6.45, 7) is 0. The molecule has 2 nitrogen and oxygen atoms in total. The fourth-order valence-corrected chi connectivity index (χ4v) is 4.29. The van der Waals surface area contributed by atoms with Crippen LogP contribution in [0.3, 0.4) is 0 Å². The minimum Gasteiger partial charge on any atom is -0.323 e. The van der Waals surface area contributed by atoms with Crippen LogP contribution in [0.15, 0.2) is 73.3 Å². The van der Waals surface area contributed by atoms with Gasteiger partial charge in [0, 0.05) is 46.2 Å². The number of aromatic nitrogens is 2. The predicted octanol–water partition coefficient (Wildman–Crippen LogP) is 6.46. The topological polar surface area (TPSA) is 9.86 Å². The van der Waals surface area contributed by atoms with Crippen LogP contribution < -0.4 is 0 Å². The van der Waals surface area contributed by atoms with Crippen LogP contribution in [0.1, 0.15) is 22.3 Å². The van der Waals surface area contributed by atoms with Gasteiger partial charge in [-0.15, -0.1) is 0 Å². The summed E-state index contributed by atoms with van der Waals surface area (Å²) in [5, 5.41) is 1.54. The molecule has 2 aromatic carbocycles. The first-order chi connectivity index (χ1) is 13.7. The molecular weight excluding hydrogens is 387 g/mol. The van der Waals surface area contributed by atoms with Gasteiger partial charge in [-0.05, 0) is 96.5 Å². The summed E-state index contributed by atoms with van der Waals surface area (Å²) in [6.07, 6.45) is 13.4. The molecule has 0 bridgehead atoms. The van der Waals surface area contributed by atoms with Crippen molar-refractivity contribution in [3.63, 3.8) is 0 Å². The van der Waals surface area contributed by atoms with Gasteiger partial charge in [-0.25, -0.2) is 0 Å². The van der Waals surface area contributed by atoms with Crippen LogP contribution in [0.25, 0.3) is 11.4 Å². The lowest BCUT2D eigenvalue weighted by molar-refractivity contribution is 0.853. The van der Waals surface area contributed by atoms with Crippen molar-refractivity contribution >= 4 is 23.2 Å². The molecule has 0 spiro atoms. The first-order valence-corrected chi connectivity index (χ1v) is 10.3. The van der Waals surface area contributed by atoms with E-state index in [9.17, 15) is 0 Å². The maximum absolute atomic E-state index is 6.03. The van der Waals surface area contributed by atoms with Crippen molar-refractivity contribution in [2.45, 2.75) is 25.7 Å². The normalized spacial score (nSPS) is 13.5. The van der Waals surface area contributed by atoms with Crippen molar-refractivity contribution in [3.8, 4) is 11.4 Å². The largest absolute Gasteiger partial charge is 0.323 e. The van der Waals surface area contributed by atoms with Crippen LogP contribution in [-0.2, 0) is 25.7 Å². The van der Waals surface area contributed by atoms with Crippen LogP contribution in [0.2, 0.25) is 10.0 Å². The summed E-state index contributed by atoms with van der Waals surface area (Å²) in [7, 11) is 0. The Labute approximate surface area is 175 Å². The number of hydrogen-bond acceptors (Lipinski definition) is 0. The Bertz CT molecular complexity index is 984. The van der Waals surface area contributed by atoms with E-state index in [1.165, 1.54) is 22.3 Å². The molecule has 28 heavy (non-hydrogen) atoms. The van der Waals surface area contributed by atoms with Crippen LogP contribution >= 0.6 is 23.2 Å². The van der Waals surface area contributed by atoms with E-state index in [0.717, 1.165) is 47.1 Å². The van der Waals surface area contributed by atoms with Gasteiger partial charge in [0.15, 0.2) is 0 Å². The summed E-state index contributed by atoms with van der Waals surface area (Å²) in [5.74, 6) is 0. The van der Waals surface area contributed by atoms with E-state index in [1.807, 2.05) is 24.3 Å². The molecule has 1 aliphatic carbocycles. The number of benzene rings is 2. The quantitative estimate of drug-likeness (QED) is 0.361. The van der Waals surface area contributed by atoms with Crippen molar-refractivity contribution in [3.05, 3.63) is 106 Å². The highest BCUT2D eigenvalue weighted by molar-refractivity contribution is 6.30. The number of nitrogens with zero attached hydrogens (tertiary/aromatic N) is 2. The summed E-state index contributed by atoms with van der Waals surface area (Å²) in [5.41, 5.74) is 8.09. The number of fused-ring (bicyclic) bond motifs is 2. The van der Waals surface area contributed by atoms with Crippen molar-refractivity contribution in [1.29, 1.82) is 0 Å². The zero-order chi connectivity index (χ0) is 19.1. The molecule has 0 N–H and O–H groups in total. The molecule has 0 saturated heterocycles. The molecule has 5 rings (SSSR count). The Balaban J connectivity index is 1.41. The highest BCUT2D eigenvalue weighted by atomic mass is 35.5. The second kappa shape index (κ2) is 7.20. The molecular formula is C24H20Cl2N2. The third kappa shape index (κ3) is 3.39. The van der Waals surface area contributed by atoms with Crippen molar-refractivity contribution in [2.75, 3.05) is 0 Å². The molecule has 2 heterocycles. The molecule has 0 amide bonds. The van der Waals surface area contributed by atoms with Crippen molar-refractivity contribution in [2.24, 2.45) is 0 Å². The average Bonchev–Trinajstić information content (AvgIpc) is 3.28. The van der Waals surface area contributed by atoms with Gasteiger partial charge in [0.1, 0.15) is 0 Å². The van der Waals surface area contributed by atoms with E-state index in [0.29, 0.717) is 0 Å². The fourth-order valence-electron chi connectivity index (χ4n) is 4.04. The second-order valence-corrected chi connectivity index (χ2v) is 8.26. The zero-order valence-electron chi connectivity index (χ0n) is 15.4. The highest BCUT2D eigenvalue weighted by Gasteiger charge is 2.16. The molecule has 0 unspecified atom stereocenters. The zero-order valence-corrected chi connectivity index (χ0v) is 16.9. The Morgan fingerprint density at radius 2 is 0.750 bits per heavy atom. The van der Waals surface area contributed by atoms with E-state index in [2.05, 4.69) is 58.2 Å². The molecule has 0 saturated carbocycles. The van der Waals surface area contributed by atoms with E-state index < -0.39 is 0 Å². The molecule has 0 atom stereocenters. The first kappa shape index (κ1) is 17.7. The van der Waals surface area contributed by atoms with E-state index in [1.54, 1.807) is 0 Å². The van der Waals surface area contributed by atoms with E-state index in [4.69, 9.17) is 23.2 Å². The molecule has 2 aromatic heterocycles. The van der Waals surface area contributed by atoms with Gasteiger partial charge in [0.25, 0.3) is 0 Å². The number of aryl methyl sites for hydroxylation is 4. The van der Waals surface area contributed by atoms with Crippen molar-refractivity contribution < 1.29 is 0 Å². The van der Waals surface area contributed by atoms with Crippen LogP contribution in [0.5, 0.6) is 0 Å². The molecule has 4 aromatic rings. The van der Waals surface area contributed by atoms with Gasteiger partial charge >= 0.3 is 0 Å². The molecule has 4 heteroatoms. The van der Waals surface area contributed by atoms with E-state index in [-0.39, 0.29) is 0 Å². The third-order valence-electron chi connectivity index (χ3n) is 5.58. The third-order valence-corrected chi connectivity index (χ3v) is 6.09. The lowest BCUT2D eigenvalue weighted by Crippen LogP contribution is -2.02. The lowest BCUT2D eigenvalue weighted by Gasteiger charge is -2.09. The smallest absolute Gasteiger partial charge is 0.0450 e. The van der Waals surface area contributed by atoms with Gasteiger partial charge in [-0.1, -0.05) is 23.2 Å². The van der Waals surface area contributed by atoms with Crippen molar-refractivity contribution in [1.82, 2.24) is 9.13 Å². The minimum absolute atomic E-state index is 0.770. The predicted molar refractivity (Wildman–Crippen MR) is 116 cm³/mol. The SMILES string of the molecule is Clc1ccc(-n2cc3c(c2)CCc2cn(-c4ccc(Cl)cc4)cc2CC3)cc1. The average molecular weight is 407 g/mol. The Morgan fingerprint density at radius 1 is 0.464 bits per heavy atom. The molecule has 1 aliphatic rings. The Hall–Kier alpha value is -2.42. The second-order valence-electron chi connectivity index (χ2n) is 7.38. The first-order valence-electron chi connectivity index (χ1n) is 9.57. The van der Waals surface area contributed by atoms with Gasteiger partial charge in [0.2, 0.25) is 0 Å². The van der Waals surface area contributed by atoms with Crippen LogP contribution in [-0.4, -0.2) is 9.13 Å². The lowest BCUT2D eigenvalue weighted by atomic mass is 9.94. The molecule has 140 valence electrons. The maximum atomic E-state index is 6.03. The number of rotatable bonds is 2. The monoisotopic (exact) mass is 406 g/mol. The Morgan fingerprint density at radius 3 is 1.04 bits per heavy atom. The summed E-state index contributed by atoms with van der Waals surface area (Å²) >= 11 is 12.1. The fraction of sp³-hybridized carbons (Fsp3) is 0.167. The molecule has 0 aliphatic heterocycles. The number of halogens is 2. The van der Waals surface area contributed by atoms with Gasteiger partial charge in [-0.2, -0.15) is 0 Å². The van der Waals surface area contributed by atoms with Gasteiger partial charge < -0.3 is 9.13 Å². The summed E-state index contributed by atoms with van der Waals surface area (Å²) in [6, 6.07) is 16.1. The maximum Gasteiger partial charge on any atom is 0.0450 e. The van der Waals surface area contributed by atoms with Gasteiger partial charge in [-0.3, -0.25) is 0 Å². The van der Waals surface area contributed by atoms with Crippen LogP contribution in [0.4, 0.5) is 0 Å². The number of hydrogen-bond donors (Lipinski definition) is 0. The summed E-state index contributed by atoms with van der Waals surface area (Å²) < 4.78 is 4.45. The Kier molecular flexibility index (Phi) is 4.54. The molecule has 0 radical (unpaired) electrons. The van der Waals surface area contributed by atoms with E-state index >= 15 is 0 Å². The minimum atomic E-state index is 0.770. The standard InChI is InChI=1S/C24H20Cl2N2/c25-21-5-9-23(10-6-21)27-13-17-1-2-18-14-28(24-11-7-22(26)8-12-24)16-20(18)4-3-19(17)15-27/h5-16H,1-4H2. The highest BCUT2D eigenvalue weighted by Crippen LogP contribution is 2.27. The van der Waals surface area contributed by atoms with Crippen LogP contribution in [0, 0.1) is 0 Å². The summed E-state index contributed by atoms with van der Waals surface area (Å²) in [4.78, 5) is 0.